The van der Waals surface area contributed by atoms with Gasteiger partial charge in [0.1, 0.15) is 0 Å². The van der Waals surface area contributed by atoms with E-state index in [0.717, 1.165) is 18.4 Å². The van der Waals surface area contributed by atoms with Crippen LogP contribution in [0, 0.1) is 5.82 Å². The normalized spacial score (nSPS) is 21.6. The maximum absolute atomic E-state index is 14.3. The number of benzene rings is 1. The molecule has 1 unspecified atom stereocenters. The van der Waals surface area contributed by atoms with Crippen LogP contribution >= 0.6 is 0 Å². The standard InChI is InChI=1S/C14H17FO3/c1-14(8-11(16)18-3)7-6-9-4-5-10(17-2)13(15)12(9)14/h4-5H,6-8H2,1-3H3. The van der Waals surface area contributed by atoms with Gasteiger partial charge in [0.25, 0.3) is 0 Å². The first-order valence-corrected chi connectivity index (χ1v) is 5.94. The zero-order valence-corrected chi connectivity index (χ0v) is 10.9. The Bertz CT molecular complexity index is 484. The van der Waals surface area contributed by atoms with Gasteiger partial charge in [-0.1, -0.05) is 13.0 Å². The smallest absolute Gasteiger partial charge is 0.306 e. The molecule has 1 aromatic rings. The number of methoxy groups -OCH3 is 2. The van der Waals surface area contributed by atoms with Gasteiger partial charge in [-0.05, 0) is 24.5 Å². The second-order valence-corrected chi connectivity index (χ2v) is 4.93. The zero-order chi connectivity index (χ0) is 13.3. The number of aryl methyl sites for hydroxylation is 1. The Hall–Kier alpha value is -1.58. The number of fused-ring (bicyclic) bond motifs is 1. The lowest BCUT2D eigenvalue weighted by Gasteiger charge is -2.24. The molecule has 0 saturated carbocycles. The molecule has 0 heterocycles. The predicted octanol–water partition coefficient (Wildman–Crippen LogP) is 2.60. The molecule has 1 aromatic carbocycles. The van der Waals surface area contributed by atoms with Gasteiger partial charge in [-0.15, -0.1) is 0 Å². The molecule has 0 saturated heterocycles. The van der Waals surface area contributed by atoms with Crippen molar-refractivity contribution in [3.05, 3.63) is 29.1 Å². The van der Waals surface area contributed by atoms with Crippen LogP contribution in [0.3, 0.4) is 0 Å². The summed E-state index contributed by atoms with van der Waals surface area (Å²) in [5.74, 6) is -0.432. The molecule has 0 N–H and O–H groups in total. The number of rotatable bonds is 3. The summed E-state index contributed by atoms with van der Waals surface area (Å²) >= 11 is 0. The van der Waals surface area contributed by atoms with Crippen molar-refractivity contribution in [2.75, 3.05) is 14.2 Å². The van der Waals surface area contributed by atoms with Crippen molar-refractivity contribution >= 4 is 5.97 Å². The first-order valence-electron chi connectivity index (χ1n) is 5.94. The van der Waals surface area contributed by atoms with Gasteiger partial charge in [-0.3, -0.25) is 4.79 Å². The van der Waals surface area contributed by atoms with Gasteiger partial charge in [0.15, 0.2) is 11.6 Å². The molecule has 0 bridgehead atoms. The van der Waals surface area contributed by atoms with E-state index in [9.17, 15) is 9.18 Å². The van der Waals surface area contributed by atoms with E-state index in [2.05, 4.69) is 0 Å². The molecule has 0 spiro atoms. The van der Waals surface area contributed by atoms with Gasteiger partial charge in [-0.2, -0.15) is 0 Å². The first kappa shape index (κ1) is 12.9. The Labute approximate surface area is 106 Å². The third-order valence-corrected chi connectivity index (χ3v) is 3.72. The lowest BCUT2D eigenvalue weighted by atomic mass is 9.80. The highest BCUT2D eigenvalue weighted by Gasteiger charge is 2.40. The molecule has 0 fully saturated rings. The zero-order valence-electron chi connectivity index (χ0n) is 10.9. The van der Waals surface area contributed by atoms with Crippen LogP contribution < -0.4 is 4.74 Å². The van der Waals surface area contributed by atoms with Crippen LogP contribution in [0.15, 0.2) is 12.1 Å². The third kappa shape index (κ3) is 1.96. The Morgan fingerprint density at radius 1 is 1.44 bits per heavy atom. The summed E-state index contributed by atoms with van der Waals surface area (Å²) in [6.45, 7) is 1.90. The summed E-state index contributed by atoms with van der Waals surface area (Å²) in [5.41, 5.74) is 1.06. The SMILES string of the molecule is COC(=O)CC1(C)CCc2ccc(OC)c(F)c21. The van der Waals surface area contributed by atoms with Crippen LogP contribution in [0.25, 0.3) is 0 Å². The monoisotopic (exact) mass is 252 g/mol. The van der Waals surface area contributed by atoms with E-state index in [1.807, 2.05) is 13.0 Å². The van der Waals surface area contributed by atoms with Gasteiger partial charge < -0.3 is 9.47 Å². The van der Waals surface area contributed by atoms with Gasteiger partial charge in [0, 0.05) is 11.0 Å². The van der Waals surface area contributed by atoms with Crippen molar-refractivity contribution in [1.29, 1.82) is 0 Å². The summed E-state index contributed by atoms with van der Waals surface area (Å²) in [4.78, 5) is 11.5. The van der Waals surface area contributed by atoms with E-state index in [-0.39, 0.29) is 24.0 Å². The maximum atomic E-state index is 14.3. The van der Waals surface area contributed by atoms with Crippen molar-refractivity contribution in [1.82, 2.24) is 0 Å². The number of carbonyl (C=O) groups is 1. The predicted molar refractivity (Wildman–Crippen MR) is 65.3 cm³/mol. The highest BCUT2D eigenvalue weighted by Crippen LogP contribution is 2.44. The summed E-state index contributed by atoms with van der Waals surface area (Å²) < 4.78 is 24.0. The molecule has 4 heteroatoms. The fourth-order valence-electron chi connectivity index (χ4n) is 2.72. The van der Waals surface area contributed by atoms with Gasteiger partial charge in [0.2, 0.25) is 0 Å². The Morgan fingerprint density at radius 2 is 2.17 bits per heavy atom. The molecule has 98 valence electrons. The number of hydrogen-bond donors (Lipinski definition) is 0. The Balaban J connectivity index is 2.45. The van der Waals surface area contributed by atoms with Crippen molar-refractivity contribution < 1.29 is 18.7 Å². The average molecular weight is 252 g/mol. The molecule has 0 aromatic heterocycles. The molecule has 1 atom stereocenters. The molecule has 3 nitrogen and oxygen atoms in total. The van der Waals surface area contributed by atoms with Crippen LogP contribution in [-0.2, 0) is 21.4 Å². The minimum absolute atomic E-state index is 0.195. The minimum atomic E-state index is -0.499. The summed E-state index contributed by atoms with van der Waals surface area (Å²) in [5, 5.41) is 0. The lowest BCUT2D eigenvalue weighted by molar-refractivity contribution is -0.142. The topological polar surface area (TPSA) is 35.5 Å². The Kier molecular flexibility index (Phi) is 3.28. The van der Waals surface area contributed by atoms with E-state index in [1.54, 1.807) is 6.07 Å². The molecule has 1 aliphatic rings. The molecular weight excluding hydrogens is 235 g/mol. The molecule has 18 heavy (non-hydrogen) atoms. The molecule has 0 aliphatic heterocycles. The van der Waals surface area contributed by atoms with E-state index >= 15 is 0 Å². The maximum Gasteiger partial charge on any atom is 0.306 e. The van der Waals surface area contributed by atoms with Crippen molar-refractivity contribution in [2.45, 2.75) is 31.6 Å². The van der Waals surface area contributed by atoms with Crippen LogP contribution in [0.5, 0.6) is 5.75 Å². The lowest BCUT2D eigenvalue weighted by Crippen LogP contribution is -2.25. The van der Waals surface area contributed by atoms with Crippen LogP contribution in [-0.4, -0.2) is 20.2 Å². The fraction of sp³-hybridized carbons (Fsp3) is 0.500. The summed E-state index contributed by atoms with van der Waals surface area (Å²) in [7, 11) is 2.79. The van der Waals surface area contributed by atoms with Crippen molar-refractivity contribution in [3.63, 3.8) is 0 Å². The number of halogens is 1. The van der Waals surface area contributed by atoms with E-state index in [1.165, 1.54) is 14.2 Å². The van der Waals surface area contributed by atoms with E-state index in [0.29, 0.717) is 5.56 Å². The minimum Gasteiger partial charge on any atom is -0.494 e. The number of esters is 1. The number of carbonyl (C=O) groups excluding carboxylic acids is 1. The second-order valence-electron chi connectivity index (χ2n) is 4.93. The first-order chi connectivity index (χ1) is 8.51. The van der Waals surface area contributed by atoms with Gasteiger partial charge in [-0.25, -0.2) is 4.39 Å². The molecule has 0 radical (unpaired) electrons. The fourth-order valence-corrected chi connectivity index (χ4v) is 2.72. The summed E-state index contributed by atoms with van der Waals surface area (Å²) in [6.07, 6.45) is 1.73. The quantitative estimate of drug-likeness (QED) is 0.776. The van der Waals surface area contributed by atoms with E-state index in [4.69, 9.17) is 9.47 Å². The number of hydrogen-bond acceptors (Lipinski definition) is 3. The molecule has 1 aliphatic carbocycles. The van der Waals surface area contributed by atoms with Crippen molar-refractivity contribution in [2.24, 2.45) is 0 Å². The molecular formula is C14H17FO3. The highest BCUT2D eigenvalue weighted by molar-refractivity contribution is 5.72. The summed E-state index contributed by atoms with van der Waals surface area (Å²) in [6, 6.07) is 3.51. The largest absolute Gasteiger partial charge is 0.494 e. The highest BCUT2D eigenvalue weighted by atomic mass is 19.1. The van der Waals surface area contributed by atoms with Crippen LogP contribution in [0.1, 0.15) is 30.9 Å². The van der Waals surface area contributed by atoms with E-state index < -0.39 is 5.41 Å². The van der Waals surface area contributed by atoms with Crippen LogP contribution in [0.2, 0.25) is 0 Å². The molecule has 0 amide bonds. The second kappa shape index (κ2) is 4.59. The molecule has 2 rings (SSSR count). The third-order valence-electron chi connectivity index (χ3n) is 3.72. The van der Waals surface area contributed by atoms with Gasteiger partial charge in [0.05, 0.1) is 20.6 Å². The van der Waals surface area contributed by atoms with Crippen LogP contribution in [0.4, 0.5) is 4.39 Å². The Morgan fingerprint density at radius 3 is 2.78 bits per heavy atom. The van der Waals surface area contributed by atoms with Crippen molar-refractivity contribution in [3.8, 4) is 5.75 Å². The number of ether oxygens (including phenoxy) is 2. The average Bonchev–Trinajstić information content (AvgIpc) is 2.68. The van der Waals surface area contributed by atoms with Gasteiger partial charge >= 0.3 is 5.97 Å².